The smallest absolute Gasteiger partial charge is 0.409 e. The summed E-state index contributed by atoms with van der Waals surface area (Å²) >= 11 is 0. The van der Waals surface area contributed by atoms with Crippen molar-refractivity contribution in [2.24, 2.45) is 5.92 Å². The van der Waals surface area contributed by atoms with Crippen LogP contribution in [0.5, 0.6) is 0 Å². The molecule has 1 aromatic heterocycles. The Morgan fingerprint density at radius 2 is 2.07 bits per heavy atom. The van der Waals surface area contributed by atoms with Gasteiger partial charge >= 0.3 is 11.8 Å². The number of carbonyl (C=O) groups excluding carboxylic acids is 2. The van der Waals surface area contributed by atoms with E-state index in [1.54, 1.807) is 0 Å². The van der Waals surface area contributed by atoms with Crippen molar-refractivity contribution in [2.45, 2.75) is 26.8 Å². The van der Waals surface area contributed by atoms with E-state index in [4.69, 9.17) is 15.2 Å². The molecular formula is C17H27N5O6. The van der Waals surface area contributed by atoms with Crippen molar-refractivity contribution in [2.75, 3.05) is 50.6 Å². The quantitative estimate of drug-likeness (QED) is 0.577. The SMILES string of the molecule is COCCN(C(=O)CCN1CCOC1=O)c1c(N)n(CC(C)C)c(=O)[nH]c1=O. The molecule has 1 saturated heterocycles. The molecule has 11 nitrogen and oxygen atoms in total. The van der Waals surface area contributed by atoms with Crippen LogP contribution in [0.1, 0.15) is 20.3 Å². The van der Waals surface area contributed by atoms with Crippen molar-refractivity contribution in [3.05, 3.63) is 20.8 Å². The first-order valence-electron chi connectivity index (χ1n) is 9.09. The molecule has 2 rings (SSSR count). The second kappa shape index (κ2) is 9.40. The van der Waals surface area contributed by atoms with Gasteiger partial charge in [0.2, 0.25) is 5.91 Å². The fourth-order valence-electron chi connectivity index (χ4n) is 2.92. The van der Waals surface area contributed by atoms with Crippen molar-refractivity contribution in [1.82, 2.24) is 14.5 Å². The van der Waals surface area contributed by atoms with Crippen LogP contribution in [0.15, 0.2) is 9.59 Å². The Balaban J connectivity index is 2.33. The molecule has 2 heterocycles. The zero-order chi connectivity index (χ0) is 20.8. The van der Waals surface area contributed by atoms with E-state index in [-0.39, 0.29) is 50.1 Å². The van der Waals surface area contributed by atoms with Crippen molar-refractivity contribution < 1.29 is 19.1 Å². The molecular weight excluding hydrogens is 370 g/mol. The van der Waals surface area contributed by atoms with Crippen LogP contribution in [0.4, 0.5) is 16.3 Å². The maximum absolute atomic E-state index is 12.8. The Morgan fingerprint density at radius 1 is 1.36 bits per heavy atom. The van der Waals surface area contributed by atoms with E-state index in [0.29, 0.717) is 13.1 Å². The predicted octanol–water partition coefficient (Wildman–Crippen LogP) is -0.403. The number of amides is 2. The van der Waals surface area contributed by atoms with E-state index in [2.05, 4.69) is 4.98 Å². The van der Waals surface area contributed by atoms with Gasteiger partial charge in [-0.2, -0.15) is 0 Å². The minimum absolute atomic E-state index is 0.0268. The molecule has 0 aromatic carbocycles. The third kappa shape index (κ3) is 4.91. The van der Waals surface area contributed by atoms with Gasteiger partial charge in [0.05, 0.1) is 13.2 Å². The standard InChI is InChI=1S/C17H27N5O6/c1-11(2)10-22-14(18)13(15(24)19-16(22)25)21(7-8-27-3)12(23)4-5-20-6-9-28-17(20)26/h11H,4-10,18H2,1-3H3,(H,19,24,25). The highest BCUT2D eigenvalue weighted by Crippen LogP contribution is 2.19. The van der Waals surface area contributed by atoms with Crippen molar-refractivity contribution in [3.63, 3.8) is 0 Å². The fourth-order valence-corrected chi connectivity index (χ4v) is 2.92. The molecule has 0 radical (unpaired) electrons. The molecule has 0 bridgehead atoms. The number of rotatable bonds is 9. The lowest BCUT2D eigenvalue weighted by Gasteiger charge is -2.25. The second-order valence-electron chi connectivity index (χ2n) is 6.89. The van der Waals surface area contributed by atoms with Gasteiger partial charge in [0.15, 0.2) is 5.69 Å². The molecule has 0 unspecified atom stereocenters. The number of aromatic nitrogens is 2. The lowest BCUT2D eigenvalue weighted by atomic mass is 10.2. The summed E-state index contributed by atoms with van der Waals surface area (Å²) in [6, 6.07) is 0. The average Bonchev–Trinajstić information content (AvgIpc) is 3.04. The number of methoxy groups -OCH3 is 1. The highest BCUT2D eigenvalue weighted by molar-refractivity contribution is 5.95. The van der Waals surface area contributed by atoms with Gasteiger partial charge in [-0.1, -0.05) is 13.8 Å². The number of carbonyl (C=O) groups is 2. The summed E-state index contributed by atoms with van der Waals surface area (Å²) in [5.41, 5.74) is 4.65. The van der Waals surface area contributed by atoms with Crippen LogP contribution in [-0.2, 0) is 20.8 Å². The van der Waals surface area contributed by atoms with Crippen LogP contribution in [-0.4, -0.2) is 66.4 Å². The number of nitrogens with two attached hydrogens (primary N) is 1. The second-order valence-corrected chi connectivity index (χ2v) is 6.89. The van der Waals surface area contributed by atoms with E-state index in [9.17, 15) is 19.2 Å². The zero-order valence-corrected chi connectivity index (χ0v) is 16.4. The van der Waals surface area contributed by atoms with Gasteiger partial charge in [0.1, 0.15) is 12.4 Å². The van der Waals surface area contributed by atoms with Gasteiger partial charge in [-0.15, -0.1) is 0 Å². The summed E-state index contributed by atoms with van der Waals surface area (Å²) in [6.45, 7) is 5.19. The summed E-state index contributed by atoms with van der Waals surface area (Å²) in [6.07, 6.45) is -0.500. The summed E-state index contributed by atoms with van der Waals surface area (Å²) in [5.74, 6) is -0.390. The number of H-pyrrole nitrogens is 1. The molecule has 2 amide bonds. The number of aromatic amines is 1. The molecule has 11 heteroatoms. The van der Waals surface area contributed by atoms with Gasteiger partial charge in [-0.05, 0) is 5.92 Å². The van der Waals surface area contributed by atoms with Crippen LogP contribution in [0, 0.1) is 5.92 Å². The van der Waals surface area contributed by atoms with E-state index in [1.807, 2.05) is 13.8 Å². The van der Waals surface area contributed by atoms with Crippen LogP contribution < -0.4 is 21.9 Å². The minimum Gasteiger partial charge on any atom is -0.448 e. The summed E-state index contributed by atoms with van der Waals surface area (Å²) in [7, 11) is 1.47. The first-order chi connectivity index (χ1) is 13.3. The summed E-state index contributed by atoms with van der Waals surface area (Å²) in [4.78, 5) is 53.8. The molecule has 1 aliphatic rings. The fraction of sp³-hybridized carbons (Fsp3) is 0.647. The Hall–Kier alpha value is -2.82. The topological polar surface area (TPSA) is 140 Å². The number of nitrogen functional groups attached to an aromatic ring is 1. The van der Waals surface area contributed by atoms with Gasteiger partial charge in [0, 0.05) is 33.2 Å². The van der Waals surface area contributed by atoms with E-state index in [0.717, 1.165) is 0 Å². The van der Waals surface area contributed by atoms with E-state index < -0.39 is 23.2 Å². The lowest BCUT2D eigenvalue weighted by molar-refractivity contribution is -0.118. The van der Waals surface area contributed by atoms with E-state index >= 15 is 0 Å². The first-order valence-corrected chi connectivity index (χ1v) is 9.09. The molecule has 0 saturated carbocycles. The maximum Gasteiger partial charge on any atom is 0.409 e. The molecule has 1 aromatic rings. The first kappa shape index (κ1) is 21.5. The number of ether oxygens (including phenoxy) is 2. The van der Waals surface area contributed by atoms with Gasteiger partial charge < -0.3 is 25.0 Å². The van der Waals surface area contributed by atoms with Crippen LogP contribution >= 0.6 is 0 Å². The van der Waals surface area contributed by atoms with Crippen molar-refractivity contribution in [3.8, 4) is 0 Å². The third-order valence-electron chi connectivity index (χ3n) is 4.29. The van der Waals surface area contributed by atoms with Crippen LogP contribution in [0.25, 0.3) is 0 Å². The Kier molecular flexibility index (Phi) is 7.21. The Labute approximate surface area is 162 Å². The average molecular weight is 397 g/mol. The van der Waals surface area contributed by atoms with Crippen LogP contribution in [0.3, 0.4) is 0 Å². The number of anilines is 2. The van der Waals surface area contributed by atoms with Crippen molar-refractivity contribution >= 4 is 23.5 Å². The Morgan fingerprint density at radius 3 is 2.64 bits per heavy atom. The third-order valence-corrected chi connectivity index (χ3v) is 4.29. The molecule has 156 valence electrons. The minimum atomic E-state index is -0.743. The highest BCUT2D eigenvalue weighted by Gasteiger charge is 2.27. The van der Waals surface area contributed by atoms with E-state index in [1.165, 1.54) is 21.5 Å². The Bertz CT molecular complexity index is 830. The normalized spacial score (nSPS) is 13.9. The molecule has 1 fully saturated rings. The largest absolute Gasteiger partial charge is 0.448 e. The molecule has 28 heavy (non-hydrogen) atoms. The van der Waals surface area contributed by atoms with Gasteiger partial charge in [-0.25, -0.2) is 9.59 Å². The monoisotopic (exact) mass is 397 g/mol. The number of nitrogens with one attached hydrogen (secondary N) is 1. The molecule has 3 N–H and O–H groups in total. The maximum atomic E-state index is 12.8. The number of cyclic esters (lactones) is 1. The lowest BCUT2D eigenvalue weighted by Crippen LogP contribution is -2.43. The molecule has 0 aliphatic carbocycles. The predicted molar refractivity (Wildman–Crippen MR) is 102 cm³/mol. The van der Waals surface area contributed by atoms with Gasteiger partial charge in [0.25, 0.3) is 5.56 Å². The zero-order valence-electron chi connectivity index (χ0n) is 16.4. The number of nitrogens with zero attached hydrogens (tertiary/aromatic N) is 3. The van der Waals surface area contributed by atoms with Crippen molar-refractivity contribution in [1.29, 1.82) is 0 Å². The number of hydrogen-bond donors (Lipinski definition) is 2. The van der Waals surface area contributed by atoms with Crippen LogP contribution in [0.2, 0.25) is 0 Å². The number of hydrogen-bond acceptors (Lipinski definition) is 7. The highest BCUT2D eigenvalue weighted by atomic mass is 16.6. The van der Waals surface area contributed by atoms with Gasteiger partial charge in [-0.3, -0.25) is 19.1 Å². The molecule has 0 spiro atoms. The molecule has 0 atom stereocenters. The summed E-state index contributed by atoms with van der Waals surface area (Å²) < 4.78 is 11.1. The molecule has 1 aliphatic heterocycles. The summed E-state index contributed by atoms with van der Waals surface area (Å²) in [5, 5.41) is 0.